The molecule has 0 saturated heterocycles. The number of nitrogens with zero attached hydrogens (tertiary/aromatic N) is 1. The number of carboxylic acids is 1. The van der Waals surface area contributed by atoms with Gasteiger partial charge in [-0.2, -0.15) is 4.31 Å². The third kappa shape index (κ3) is 3.97. The minimum absolute atomic E-state index is 0.0879. The average Bonchev–Trinajstić information content (AvgIpc) is 2.53. The van der Waals surface area contributed by atoms with Crippen LogP contribution in [0.4, 0.5) is 0 Å². The Bertz CT molecular complexity index is 770. The van der Waals surface area contributed by atoms with E-state index >= 15 is 0 Å². The third-order valence-corrected chi connectivity index (χ3v) is 5.57. The fourth-order valence-electron chi connectivity index (χ4n) is 2.25. The van der Waals surface area contributed by atoms with Crippen molar-refractivity contribution >= 4 is 16.0 Å². The van der Waals surface area contributed by atoms with Crippen LogP contribution in [0, 0.1) is 6.92 Å². The number of benzene rings is 2. The van der Waals surface area contributed by atoms with Crippen LogP contribution >= 0.6 is 0 Å². The maximum Gasteiger partial charge on any atom is 0.322 e. The third-order valence-electron chi connectivity index (χ3n) is 3.69. The highest BCUT2D eigenvalue weighted by Crippen LogP contribution is 2.19. The molecule has 6 heteroatoms. The van der Waals surface area contributed by atoms with Gasteiger partial charge in [0, 0.05) is 7.05 Å². The fourth-order valence-corrected chi connectivity index (χ4v) is 3.57. The van der Waals surface area contributed by atoms with E-state index in [-0.39, 0.29) is 11.3 Å². The maximum absolute atomic E-state index is 12.6. The predicted molar refractivity (Wildman–Crippen MR) is 87.7 cm³/mol. The summed E-state index contributed by atoms with van der Waals surface area (Å²) < 4.78 is 26.2. The predicted octanol–water partition coefficient (Wildman–Crippen LogP) is 2.31. The zero-order valence-corrected chi connectivity index (χ0v) is 13.8. The molecular formula is C17H19NO4S. The van der Waals surface area contributed by atoms with Gasteiger partial charge in [-0.05, 0) is 31.0 Å². The Kier molecular flexibility index (Phi) is 5.18. The quantitative estimate of drug-likeness (QED) is 0.880. The monoisotopic (exact) mass is 333 g/mol. The molecule has 0 radical (unpaired) electrons. The topological polar surface area (TPSA) is 74.7 Å². The molecule has 0 spiro atoms. The van der Waals surface area contributed by atoms with E-state index in [1.54, 1.807) is 36.4 Å². The summed E-state index contributed by atoms with van der Waals surface area (Å²) in [5.41, 5.74) is 1.71. The van der Waals surface area contributed by atoms with Crippen molar-refractivity contribution in [2.75, 3.05) is 7.05 Å². The second kappa shape index (κ2) is 6.93. The zero-order valence-electron chi connectivity index (χ0n) is 13.0. The van der Waals surface area contributed by atoms with Crippen molar-refractivity contribution in [2.45, 2.75) is 24.3 Å². The Morgan fingerprint density at radius 1 is 1.09 bits per heavy atom. The number of carbonyl (C=O) groups is 1. The van der Waals surface area contributed by atoms with E-state index in [2.05, 4.69) is 0 Å². The normalized spacial score (nSPS) is 13.0. The lowest BCUT2D eigenvalue weighted by atomic mass is 10.1. The minimum atomic E-state index is -3.87. The van der Waals surface area contributed by atoms with Gasteiger partial charge in [0.2, 0.25) is 10.0 Å². The molecule has 0 heterocycles. The second-order valence-corrected chi connectivity index (χ2v) is 7.38. The molecule has 23 heavy (non-hydrogen) atoms. The molecule has 0 aliphatic carbocycles. The molecular weight excluding hydrogens is 314 g/mol. The first-order valence-corrected chi connectivity index (χ1v) is 8.58. The molecule has 0 fully saturated rings. The number of carboxylic acid groups (broad SMARTS) is 1. The van der Waals surface area contributed by atoms with Crippen LogP contribution in [0.2, 0.25) is 0 Å². The van der Waals surface area contributed by atoms with E-state index in [1.807, 2.05) is 13.0 Å². The highest BCUT2D eigenvalue weighted by Gasteiger charge is 2.32. The molecule has 0 aliphatic rings. The summed E-state index contributed by atoms with van der Waals surface area (Å²) in [5, 5.41) is 9.45. The molecule has 2 aromatic rings. The SMILES string of the molecule is Cc1ccc(S(=O)(=O)N(C)[C@@H](Cc2ccccc2)C(=O)O)cc1. The lowest BCUT2D eigenvalue weighted by Crippen LogP contribution is -2.43. The van der Waals surface area contributed by atoms with E-state index in [0.29, 0.717) is 0 Å². The van der Waals surface area contributed by atoms with Crippen molar-refractivity contribution in [1.82, 2.24) is 4.31 Å². The Morgan fingerprint density at radius 3 is 2.17 bits per heavy atom. The first-order valence-electron chi connectivity index (χ1n) is 7.14. The Balaban J connectivity index is 2.31. The Morgan fingerprint density at radius 2 is 1.65 bits per heavy atom. The van der Waals surface area contributed by atoms with Gasteiger partial charge in [0.15, 0.2) is 0 Å². The van der Waals surface area contributed by atoms with E-state index < -0.39 is 22.0 Å². The number of sulfonamides is 1. The summed E-state index contributed by atoms with van der Waals surface area (Å²) in [4.78, 5) is 11.7. The molecule has 1 atom stereocenters. The number of aliphatic carboxylic acids is 1. The Labute approximate surface area is 136 Å². The van der Waals surface area contributed by atoms with Crippen LogP contribution in [-0.4, -0.2) is 36.9 Å². The van der Waals surface area contributed by atoms with Gasteiger partial charge in [-0.25, -0.2) is 8.42 Å². The highest BCUT2D eigenvalue weighted by atomic mass is 32.2. The van der Waals surface area contributed by atoms with Crippen LogP contribution in [0.25, 0.3) is 0 Å². The first-order chi connectivity index (χ1) is 10.8. The van der Waals surface area contributed by atoms with Gasteiger partial charge >= 0.3 is 5.97 Å². The summed E-state index contributed by atoms with van der Waals surface area (Å²) in [6.45, 7) is 1.86. The zero-order chi connectivity index (χ0) is 17.0. The summed E-state index contributed by atoms with van der Waals surface area (Å²) in [6, 6.07) is 14.2. The van der Waals surface area contributed by atoms with Gasteiger partial charge < -0.3 is 5.11 Å². The summed E-state index contributed by atoms with van der Waals surface area (Å²) >= 11 is 0. The number of hydrogen-bond donors (Lipinski definition) is 1. The van der Waals surface area contributed by atoms with Crippen LogP contribution in [-0.2, 0) is 21.2 Å². The van der Waals surface area contributed by atoms with Gasteiger partial charge in [-0.15, -0.1) is 0 Å². The van der Waals surface area contributed by atoms with E-state index in [9.17, 15) is 18.3 Å². The van der Waals surface area contributed by atoms with Crippen molar-refractivity contribution in [1.29, 1.82) is 0 Å². The molecule has 0 aromatic heterocycles. The van der Waals surface area contributed by atoms with Crippen LogP contribution in [0.5, 0.6) is 0 Å². The Hall–Kier alpha value is -2.18. The highest BCUT2D eigenvalue weighted by molar-refractivity contribution is 7.89. The van der Waals surface area contributed by atoms with Crippen LogP contribution in [0.15, 0.2) is 59.5 Å². The molecule has 122 valence electrons. The van der Waals surface area contributed by atoms with E-state index in [1.165, 1.54) is 19.2 Å². The summed E-state index contributed by atoms with van der Waals surface area (Å²) in [7, 11) is -2.57. The molecule has 2 rings (SSSR count). The molecule has 0 amide bonds. The van der Waals surface area contributed by atoms with E-state index in [0.717, 1.165) is 15.4 Å². The van der Waals surface area contributed by atoms with Crippen molar-refractivity contribution < 1.29 is 18.3 Å². The molecule has 2 aromatic carbocycles. The molecule has 0 aliphatic heterocycles. The van der Waals surface area contributed by atoms with Gasteiger partial charge in [0.05, 0.1) is 4.90 Å². The second-order valence-electron chi connectivity index (χ2n) is 5.38. The molecule has 0 unspecified atom stereocenters. The number of rotatable bonds is 6. The van der Waals surface area contributed by atoms with Crippen molar-refractivity contribution in [3.8, 4) is 0 Å². The van der Waals surface area contributed by atoms with Crippen molar-refractivity contribution in [3.05, 3.63) is 65.7 Å². The van der Waals surface area contributed by atoms with Crippen molar-refractivity contribution in [3.63, 3.8) is 0 Å². The maximum atomic E-state index is 12.6. The van der Waals surface area contributed by atoms with Crippen LogP contribution < -0.4 is 0 Å². The first kappa shape index (κ1) is 17.2. The largest absolute Gasteiger partial charge is 0.480 e. The van der Waals surface area contributed by atoms with Crippen molar-refractivity contribution in [2.24, 2.45) is 0 Å². The molecule has 1 N–H and O–H groups in total. The van der Waals surface area contributed by atoms with Crippen LogP contribution in [0.1, 0.15) is 11.1 Å². The molecule has 0 saturated carbocycles. The average molecular weight is 333 g/mol. The van der Waals surface area contributed by atoms with Crippen LogP contribution in [0.3, 0.4) is 0 Å². The fraction of sp³-hybridized carbons (Fsp3) is 0.235. The smallest absolute Gasteiger partial charge is 0.322 e. The lowest BCUT2D eigenvalue weighted by molar-refractivity contribution is -0.141. The van der Waals surface area contributed by atoms with Gasteiger partial charge in [-0.1, -0.05) is 48.0 Å². The van der Waals surface area contributed by atoms with Gasteiger partial charge in [-0.3, -0.25) is 4.79 Å². The number of aryl methyl sites for hydroxylation is 1. The molecule has 5 nitrogen and oxygen atoms in total. The number of hydrogen-bond acceptors (Lipinski definition) is 3. The molecule has 0 bridgehead atoms. The van der Waals surface area contributed by atoms with E-state index in [4.69, 9.17) is 0 Å². The summed E-state index contributed by atoms with van der Waals surface area (Å²) in [6.07, 6.45) is 0.109. The van der Waals surface area contributed by atoms with Gasteiger partial charge in [0.25, 0.3) is 0 Å². The summed E-state index contributed by atoms with van der Waals surface area (Å²) in [5.74, 6) is -1.17. The number of likely N-dealkylation sites (N-methyl/N-ethyl adjacent to an activating group) is 1. The standard InChI is InChI=1S/C17H19NO4S/c1-13-8-10-15(11-9-13)23(21,22)18(2)16(17(19)20)12-14-6-4-3-5-7-14/h3-11,16H,12H2,1-2H3,(H,19,20)/t16-/m0/s1. The minimum Gasteiger partial charge on any atom is -0.480 e. The van der Waals surface area contributed by atoms with Gasteiger partial charge in [0.1, 0.15) is 6.04 Å². The lowest BCUT2D eigenvalue weighted by Gasteiger charge is -2.24.